The minimum absolute atomic E-state index is 0.0141. The molecule has 3 amide bonds. The molecule has 0 fully saturated rings. The molecule has 0 aliphatic carbocycles. The summed E-state index contributed by atoms with van der Waals surface area (Å²) in [6, 6.07) is -3.95. The van der Waals surface area contributed by atoms with Crippen LogP contribution in [0.2, 0.25) is 0 Å². The zero-order valence-electron chi connectivity index (χ0n) is 13.8. The summed E-state index contributed by atoms with van der Waals surface area (Å²) in [7, 11) is 0. The van der Waals surface area contributed by atoms with Gasteiger partial charge in [-0.2, -0.15) is 4.98 Å². The first-order valence-corrected chi connectivity index (χ1v) is 7.39. The molecule has 8 N–H and O–H groups in total. The Kier molecular flexibility index (Phi) is 7.42. The largest absolute Gasteiger partial charge is 0.394 e. The molecule has 0 radical (unpaired) electrons. The number of carbonyl (C=O) groups is 3. The third-order valence-electron chi connectivity index (χ3n) is 3.20. The van der Waals surface area contributed by atoms with Crippen molar-refractivity contribution in [3.8, 4) is 0 Å². The normalized spacial score (nSPS) is 15.7. The number of primary amides is 1. The predicted molar refractivity (Wildman–Crippen MR) is 82.7 cm³/mol. The van der Waals surface area contributed by atoms with Crippen LogP contribution < -0.4 is 22.1 Å². The third-order valence-corrected chi connectivity index (χ3v) is 3.20. The van der Waals surface area contributed by atoms with Crippen molar-refractivity contribution >= 4 is 17.7 Å². The Morgan fingerprint density at radius 3 is 2.44 bits per heavy atom. The van der Waals surface area contributed by atoms with Crippen molar-refractivity contribution in [1.82, 2.24) is 20.8 Å². The maximum absolute atomic E-state index is 12.0. The van der Waals surface area contributed by atoms with Crippen LogP contribution in [0.3, 0.4) is 0 Å². The number of urea groups is 1. The summed E-state index contributed by atoms with van der Waals surface area (Å²) in [6.45, 7) is 2.12. The van der Waals surface area contributed by atoms with Crippen molar-refractivity contribution in [3.63, 3.8) is 0 Å². The highest BCUT2D eigenvalue weighted by Crippen LogP contribution is 2.16. The lowest BCUT2D eigenvalue weighted by Gasteiger charge is -2.20. The summed E-state index contributed by atoms with van der Waals surface area (Å²) < 4.78 is 4.93. The average molecular weight is 358 g/mol. The lowest BCUT2D eigenvalue weighted by atomic mass is 10.1. The lowest BCUT2D eigenvalue weighted by molar-refractivity contribution is -0.121. The number of hydrogen-bond donors (Lipinski definition) is 6. The molecule has 0 saturated carbocycles. The quantitative estimate of drug-likeness (QED) is 0.278. The van der Waals surface area contributed by atoms with Crippen LogP contribution >= 0.6 is 0 Å². The molecule has 0 spiro atoms. The molecule has 12 nitrogen and oxygen atoms in total. The summed E-state index contributed by atoms with van der Waals surface area (Å²) >= 11 is 0. The molecular weight excluding hydrogens is 336 g/mol. The number of aliphatic hydroxyl groups excluding tert-OH is 2. The lowest BCUT2D eigenvalue weighted by Crippen LogP contribution is -2.51. The number of hydrogen-bond acceptors (Lipinski definition) is 9. The highest BCUT2D eigenvalue weighted by Gasteiger charge is 2.27. The van der Waals surface area contributed by atoms with Crippen molar-refractivity contribution in [2.75, 3.05) is 6.61 Å². The van der Waals surface area contributed by atoms with Crippen LogP contribution in [0.25, 0.3) is 0 Å². The first-order chi connectivity index (χ1) is 11.6. The van der Waals surface area contributed by atoms with Crippen molar-refractivity contribution in [2.45, 2.75) is 44.5 Å². The van der Waals surface area contributed by atoms with Gasteiger partial charge in [-0.1, -0.05) is 5.16 Å². The Morgan fingerprint density at radius 1 is 1.32 bits per heavy atom. The number of nitrogens with two attached hydrogens (primary N) is 2. The van der Waals surface area contributed by atoms with E-state index < -0.39 is 48.6 Å². The Labute approximate surface area is 142 Å². The number of carbonyl (C=O) groups excluding carboxylic acids is 3. The van der Waals surface area contributed by atoms with E-state index in [0.717, 1.165) is 0 Å². The highest BCUT2D eigenvalue weighted by atomic mass is 16.5. The maximum Gasteiger partial charge on any atom is 0.316 e. The Hall–Kier alpha value is -2.57. The molecule has 25 heavy (non-hydrogen) atoms. The molecule has 1 heterocycles. The van der Waals surface area contributed by atoms with Crippen LogP contribution in [0.1, 0.15) is 44.1 Å². The summed E-state index contributed by atoms with van der Waals surface area (Å²) in [6.07, 6.45) is -1.47. The molecule has 0 bridgehead atoms. The Balaban J connectivity index is 2.89. The number of rotatable bonds is 9. The summed E-state index contributed by atoms with van der Waals surface area (Å²) in [5.74, 6) is -1.37. The van der Waals surface area contributed by atoms with Gasteiger partial charge in [0.15, 0.2) is 11.6 Å². The molecule has 12 heteroatoms. The minimum Gasteiger partial charge on any atom is -0.394 e. The second-order valence-electron chi connectivity index (χ2n) is 5.45. The second-order valence-corrected chi connectivity index (χ2v) is 5.45. The van der Waals surface area contributed by atoms with Crippen molar-refractivity contribution in [2.24, 2.45) is 11.5 Å². The van der Waals surface area contributed by atoms with E-state index in [-0.39, 0.29) is 18.1 Å². The monoisotopic (exact) mass is 358 g/mol. The van der Waals surface area contributed by atoms with E-state index in [1.807, 2.05) is 0 Å². The van der Waals surface area contributed by atoms with E-state index in [1.54, 1.807) is 0 Å². The molecule has 1 aromatic rings. The van der Waals surface area contributed by atoms with Crippen LogP contribution in [-0.4, -0.2) is 56.8 Å². The van der Waals surface area contributed by atoms with E-state index in [2.05, 4.69) is 20.8 Å². The molecule has 140 valence electrons. The van der Waals surface area contributed by atoms with Crippen molar-refractivity contribution in [1.29, 1.82) is 0 Å². The fourth-order valence-corrected chi connectivity index (χ4v) is 1.93. The Bertz CT molecular complexity index is 618. The predicted octanol–water partition coefficient (Wildman–Crippen LogP) is -2.38. The van der Waals surface area contributed by atoms with Gasteiger partial charge in [0.25, 0.3) is 0 Å². The zero-order valence-corrected chi connectivity index (χ0v) is 13.8. The number of ketones is 1. The molecule has 0 aliphatic rings. The van der Waals surface area contributed by atoms with Gasteiger partial charge < -0.3 is 36.8 Å². The first-order valence-electron chi connectivity index (χ1n) is 7.39. The molecular formula is C13H22N6O6. The van der Waals surface area contributed by atoms with E-state index in [0.29, 0.717) is 0 Å². The van der Waals surface area contributed by atoms with Gasteiger partial charge >= 0.3 is 6.03 Å². The number of aliphatic hydroxyl groups is 2. The fraction of sp³-hybridized carbons (Fsp3) is 0.615. The van der Waals surface area contributed by atoms with Crippen LogP contribution in [0, 0.1) is 0 Å². The molecule has 4 atom stereocenters. The van der Waals surface area contributed by atoms with Crippen molar-refractivity contribution in [3.05, 3.63) is 11.7 Å². The van der Waals surface area contributed by atoms with Crippen LogP contribution in [0.15, 0.2) is 4.52 Å². The standard InChI is InChI=1S/C13H22N6O6/c1-5(21)10(6(2)22)17-13(24)16-8(3-9(15)23)12-18-11(19-25-12)7(14)4-20/h5,7-8,10,20-21H,3-4,14H2,1-2H3,(H2,15,23)(H2,16,17,24)/t5?,7-,8+,10-/m0/s1. The van der Waals surface area contributed by atoms with Gasteiger partial charge in [0, 0.05) is 0 Å². The molecule has 0 saturated heterocycles. The smallest absolute Gasteiger partial charge is 0.316 e. The number of Topliss-reactive ketones (excluding diaryl/α,β-unsaturated/α-hetero) is 1. The van der Waals surface area contributed by atoms with Crippen LogP contribution in [-0.2, 0) is 9.59 Å². The molecule has 0 aromatic carbocycles. The van der Waals surface area contributed by atoms with E-state index in [4.69, 9.17) is 21.1 Å². The maximum atomic E-state index is 12.0. The molecule has 1 rings (SSSR count). The van der Waals surface area contributed by atoms with E-state index in [1.165, 1.54) is 13.8 Å². The van der Waals surface area contributed by atoms with Gasteiger partial charge in [0.1, 0.15) is 12.1 Å². The number of amides is 3. The van der Waals surface area contributed by atoms with Gasteiger partial charge in [0.05, 0.1) is 25.2 Å². The van der Waals surface area contributed by atoms with Crippen molar-refractivity contribution < 1.29 is 29.1 Å². The fourth-order valence-electron chi connectivity index (χ4n) is 1.93. The van der Waals surface area contributed by atoms with E-state index in [9.17, 15) is 19.5 Å². The average Bonchev–Trinajstić information content (AvgIpc) is 3.00. The summed E-state index contributed by atoms with van der Waals surface area (Å²) in [5.41, 5.74) is 10.7. The van der Waals surface area contributed by atoms with E-state index >= 15 is 0 Å². The van der Waals surface area contributed by atoms with Gasteiger partial charge in [0.2, 0.25) is 11.8 Å². The minimum atomic E-state index is -1.13. The Morgan fingerprint density at radius 2 is 1.96 bits per heavy atom. The molecule has 1 aromatic heterocycles. The summed E-state index contributed by atoms with van der Waals surface area (Å²) in [4.78, 5) is 38.6. The van der Waals surface area contributed by atoms with Gasteiger partial charge in [-0.05, 0) is 13.8 Å². The first kappa shape index (κ1) is 20.5. The van der Waals surface area contributed by atoms with Crippen LogP contribution in [0.4, 0.5) is 4.79 Å². The van der Waals surface area contributed by atoms with Gasteiger partial charge in [-0.15, -0.1) is 0 Å². The summed E-state index contributed by atoms with van der Waals surface area (Å²) in [5, 5.41) is 26.7. The molecule has 0 aliphatic heterocycles. The SMILES string of the molecule is CC(=O)[C@@H](NC(=O)N[C@H](CC(N)=O)c1nc([C@@H](N)CO)no1)C(C)O. The van der Waals surface area contributed by atoms with Crippen LogP contribution in [0.5, 0.6) is 0 Å². The van der Waals surface area contributed by atoms with Gasteiger partial charge in [-0.25, -0.2) is 4.79 Å². The topological polar surface area (TPSA) is 207 Å². The van der Waals surface area contributed by atoms with Gasteiger partial charge in [-0.3, -0.25) is 9.59 Å². The number of aromatic nitrogens is 2. The third kappa shape index (κ3) is 6.10. The molecule has 1 unspecified atom stereocenters. The highest BCUT2D eigenvalue weighted by molar-refractivity contribution is 5.87. The number of nitrogens with zero attached hydrogens (tertiary/aromatic N) is 2. The zero-order chi connectivity index (χ0) is 19.1. The number of nitrogens with one attached hydrogen (secondary N) is 2. The second kappa shape index (κ2) is 9.05.